The van der Waals surface area contributed by atoms with Gasteiger partial charge in [-0.05, 0) is 47.7 Å². The first-order valence-corrected chi connectivity index (χ1v) is 10.4. The molecule has 21 heavy (non-hydrogen) atoms. The molecule has 3 rings (SSSR count). The molecule has 2 aliphatic rings. The van der Waals surface area contributed by atoms with Crippen molar-refractivity contribution in [1.82, 2.24) is 15.2 Å². The zero-order chi connectivity index (χ0) is 14.9. The molecular weight excluding hydrogens is 374 g/mol. The Morgan fingerprint density at radius 1 is 1.29 bits per heavy atom. The molecule has 1 aromatic rings. The fourth-order valence-electron chi connectivity index (χ4n) is 2.40. The van der Waals surface area contributed by atoms with Crippen LogP contribution >= 0.6 is 27.3 Å². The van der Waals surface area contributed by atoms with E-state index in [4.69, 9.17) is 0 Å². The highest BCUT2D eigenvalue weighted by Crippen LogP contribution is 2.32. The summed E-state index contributed by atoms with van der Waals surface area (Å²) in [5.74, 6) is 0. The fourth-order valence-corrected chi connectivity index (χ4v) is 6.16. The molecule has 0 spiro atoms. The average Bonchev–Trinajstić information content (AvgIpc) is 3.19. The molecule has 1 aliphatic heterocycles. The van der Waals surface area contributed by atoms with E-state index < -0.39 is 10.0 Å². The van der Waals surface area contributed by atoms with E-state index in [9.17, 15) is 8.42 Å². The summed E-state index contributed by atoms with van der Waals surface area (Å²) < 4.78 is 25.7. The fraction of sp³-hybridized carbons (Fsp3) is 0.692. The number of hydrazine groups is 1. The van der Waals surface area contributed by atoms with Crippen LogP contribution in [0.2, 0.25) is 0 Å². The van der Waals surface area contributed by atoms with Crippen molar-refractivity contribution in [2.75, 3.05) is 13.1 Å². The Morgan fingerprint density at radius 3 is 2.67 bits per heavy atom. The van der Waals surface area contributed by atoms with Crippen molar-refractivity contribution in [1.29, 1.82) is 0 Å². The number of hydrogen-bond donors (Lipinski definition) is 2. The number of halogens is 1. The Labute approximate surface area is 138 Å². The first-order valence-electron chi connectivity index (χ1n) is 7.33. The van der Waals surface area contributed by atoms with Gasteiger partial charge in [0.25, 0.3) is 10.0 Å². The van der Waals surface area contributed by atoms with Gasteiger partial charge in [0, 0.05) is 30.6 Å². The number of nitrogens with zero attached hydrogens (tertiary/aromatic N) is 1. The van der Waals surface area contributed by atoms with Gasteiger partial charge in [0.2, 0.25) is 0 Å². The van der Waals surface area contributed by atoms with Crippen LogP contribution in [0.5, 0.6) is 0 Å². The number of sulfonamides is 1. The maximum Gasteiger partial charge on any atom is 0.255 e. The molecule has 0 unspecified atom stereocenters. The third-order valence-corrected chi connectivity index (χ3v) is 7.37. The van der Waals surface area contributed by atoms with Gasteiger partial charge in [-0.25, -0.2) is 13.4 Å². The molecule has 2 heterocycles. The van der Waals surface area contributed by atoms with Gasteiger partial charge in [0.15, 0.2) is 0 Å². The molecule has 0 radical (unpaired) electrons. The van der Waals surface area contributed by atoms with Crippen molar-refractivity contribution in [3.63, 3.8) is 0 Å². The topological polar surface area (TPSA) is 61.4 Å². The summed E-state index contributed by atoms with van der Waals surface area (Å²) in [6.07, 6.45) is 5.73. The SMILES string of the molecule is O=S(=O)(NN1CCCCC1)c1cc(CNC2CC2)sc1Br. The van der Waals surface area contributed by atoms with Crippen molar-refractivity contribution < 1.29 is 8.42 Å². The molecule has 1 aliphatic carbocycles. The molecule has 0 bridgehead atoms. The summed E-state index contributed by atoms with van der Waals surface area (Å²) in [5.41, 5.74) is 0. The molecule has 118 valence electrons. The predicted molar refractivity (Wildman–Crippen MR) is 87.6 cm³/mol. The highest BCUT2D eigenvalue weighted by molar-refractivity contribution is 9.11. The van der Waals surface area contributed by atoms with Crippen molar-refractivity contribution in [2.24, 2.45) is 0 Å². The number of hydrogen-bond acceptors (Lipinski definition) is 5. The lowest BCUT2D eigenvalue weighted by atomic mass is 10.2. The standard InChI is InChI=1S/C13H20BrN3O2S2/c14-13-12(8-11(20-13)9-15-10-4-5-10)21(18,19)16-17-6-2-1-3-7-17/h8,10,15-16H,1-7,9H2. The molecule has 1 aromatic heterocycles. The van der Waals surface area contributed by atoms with E-state index in [1.165, 1.54) is 30.6 Å². The van der Waals surface area contributed by atoms with E-state index in [2.05, 4.69) is 26.1 Å². The van der Waals surface area contributed by atoms with Gasteiger partial charge < -0.3 is 5.32 Å². The highest BCUT2D eigenvalue weighted by Gasteiger charge is 2.25. The van der Waals surface area contributed by atoms with Gasteiger partial charge in [-0.15, -0.1) is 16.2 Å². The third-order valence-electron chi connectivity index (χ3n) is 3.74. The minimum absolute atomic E-state index is 0.352. The predicted octanol–water partition coefficient (Wildman–Crippen LogP) is 2.44. The Kier molecular flexibility index (Phi) is 5.02. The van der Waals surface area contributed by atoms with Crippen LogP contribution in [-0.4, -0.2) is 32.6 Å². The van der Waals surface area contributed by atoms with Crippen LogP contribution in [0.1, 0.15) is 37.0 Å². The first kappa shape index (κ1) is 15.9. The molecule has 1 saturated heterocycles. The van der Waals surface area contributed by atoms with Gasteiger partial charge in [-0.3, -0.25) is 0 Å². The molecule has 1 saturated carbocycles. The third kappa shape index (κ3) is 4.27. The van der Waals surface area contributed by atoms with Crippen LogP contribution in [0.15, 0.2) is 14.7 Å². The van der Waals surface area contributed by atoms with E-state index in [-0.39, 0.29) is 0 Å². The quantitative estimate of drug-likeness (QED) is 0.778. The van der Waals surface area contributed by atoms with Gasteiger partial charge in [-0.1, -0.05) is 6.42 Å². The van der Waals surface area contributed by atoms with Crippen LogP contribution in [-0.2, 0) is 16.6 Å². The maximum absolute atomic E-state index is 12.5. The molecule has 8 heteroatoms. The Hall–Kier alpha value is 0.01000. The van der Waals surface area contributed by atoms with Crippen LogP contribution < -0.4 is 10.1 Å². The lowest BCUT2D eigenvalue weighted by Crippen LogP contribution is -2.44. The smallest absolute Gasteiger partial charge is 0.255 e. The normalized spacial score (nSPS) is 20.8. The van der Waals surface area contributed by atoms with Gasteiger partial charge >= 0.3 is 0 Å². The minimum Gasteiger partial charge on any atom is -0.309 e. The largest absolute Gasteiger partial charge is 0.309 e. The van der Waals surface area contributed by atoms with Gasteiger partial charge in [0.1, 0.15) is 4.90 Å². The Balaban J connectivity index is 1.68. The summed E-state index contributed by atoms with van der Waals surface area (Å²) in [5, 5.41) is 5.22. The number of piperidine rings is 1. The number of thiophene rings is 1. The van der Waals surface area contributed by atoms with E-state index >= 15 is 0 Å². The van der Waals surface area contributed by atoms with Crippen molar-refractivity contribution >= 4 is 37.3 Å². The summed E-state index contributed by atoms with van der Waals surface area (Å²) in [6.45, 7) is 2.32. The summed E-state index contributed by atoms with van der Waals surface area (Å²) in [7, 11) is -3.48. The van der Waals surface area contributed by atoms with E-state index in [0.717, 1.165) is 37.4 Å². The van der Waals surface area contributed by atoms with Crippen LogP contribution in [0.25, 0.3) is 0 Å². The second-order valence-corrected chi connectivity index (χ2v) is 9.73. The summed E-state index contributed by atoms with van der Waals surface area (Å²) in [4.78, 5) is 4.11. The molecule has 0 atom stereocenters. The van der Waals surface area contributed by atoms with Crippen LogP contribution in [0.3, 0.4) is 0 Å². The molecule has 0 amide bonds. The molecule has 2 fully saturated rings. The van der Waals surface area contributed by atoms with E-state index in [1.807, 2.05) is 5.01 Å². The molecule has 2 N–H and O–H groups in total. The minimum atomic E-state index is -3.48. The maximum atomic E-state index is 12.5. The number of nitrogens with one attached hydrogen (secondary N) is 2. The van der Waals surface area contributed by atoms with Gasteiger partial charge in [-0.2, -0.15) is 0 Å². The first-order chi connectivity index (χ1) is 10.0. The lowest BCUT2D eigenvalue weighted by molar-refractivity contribution is 0.200. The zero-order valence-electron chi connectivity index (χ0n) is 11.8. The molecule has 5 nitrogen and oxygen atoms in total. The lowest BCUT2D eigenvalue weighted by Gasteiger charge is -2.26. The summed E-state index contributed by atoms with van der Waals surface area (Å²) >= 11 is 4.88. The molecular formula is C13H20BrN3O2S2. The Morgan fingerprint density at radius 2 is 2.00 bits per heavy atom. The Bertz CT molecular complexity index is 593. The number of rotatable bonds is 6. The summed E-state index contributed by atoms with van der Waals surface area (Å²) in [6, 6.07) is 2.40. The van der Waals surface area contributed by atoms with E-state index in [1.54, 1.807) is 6.07 Å². The monoisotopic (exact) mass is 393 g/mol. The van der Waals surface area contributed by atoms with Crippen molar-refractivity contribution in [3.05, 3.63) is 14.7 Å². The van der Waals surface area contributed by atoms with Gasteiger partial charge in [0.05, 0.1) is 3.79 Å². The molecule has 0 aromatic carbocycles. The average molecular weight is 394 g/mol. The van der Waals surface area contributed by atoms with Crippen LogP contribution in [0.4, 0.5) is 0 Å². The van der Waals surface area contributed by atoms with Crippen molar-refractivity contribution in [2.45, 2.75) is 49.6 Å². The van der Waals surface area contributed by atoms with Crippen molar-refractivity contribution in [3.8, 4) is 0 Å². The van der Waals surface area contributed by atoms with Crippen LogP contribution in [0, 0.1) is 0 Å². The second-order valence-electron chi connectivity index (χ2n) is 5.65. The second kappa shape index (κ2) is 6.64. The highest BCUT2D eigenvalue weighted by atomic mass is 79.9. The zero-order valence-corrected chi connectivity index (χ0v) is 15.0. The van der Waals surface area contributed by atoms with E-state index in [0.29, 0.717) is 14.7 Å².